The average Bonchev–Trinajstić information content (AvgIpc) is 2.88. The smallest absolute Gasteiger partial charge is 0.329 e. The van der Waals surface area contributed by atoms with Crippen molar-refractivity contribution in [1.29, 1.82) is 0 Å². The fourth-order valence-corrected chi connectivity index (χ4v) is 3.06. The minimum atomic E-state index is -0.945. The van der Waals surface area contributed by atoms with Crippen LogP contribution in [0.3, 0.4) is 0 Å². The third kappa shape index (κ3) is 7.74. The van der Waals surface area contributed by atoms with Crippen LogP contribution in [0, 0.1) is 0 Å². The van der Waals surface area contributed by atoms with E-state index in [1.807, 2.05) is 0 Å². The third-order valence-electron chi connectivity index (χ3n) is 4.59. The summed E-state index contributed by atoms with van der Waals surface area (Å²) in [6.07, 6.45) is 1.33. The molecule has 0 spiro atoms. The van der Waals surface area contributed by atoms with Crippen molar-refractivity contribution in [2.24, 2.45) is 5.10 Å². The first-order valence-corrected chi connectivity index (χ1v) is 10.9. The first kappa shape index (κ1) is 26.0. The number of nitrogens with one attached hydrogen (secondary N) is 3. The van der Waals surface area contributed by atoms with E-state index < -0.39 is 11.8 Å². The number of carbonyl (C=O) groups is 3. The number of hydrogen-bond acceptors (Lipinski definition) is 7. The molecule has 0 aliphatic heterocycles. The van der Waals surface area contributed by atoms with Crippen LogP contribution in [0.5, 0.6) is 17.2 Å². The Balaban J connectivity index is 1.51. The molecular weight excluding hydrogens is 488 g/mol. The topological polar surface area (TPSA) is 127 Å². The van der Waals surface area contributed by atoms with Gasteiger partial charge in [-0.2, -0.15) is 5.10 Å². The van der Waals surface area contributed by atoms with Crippen molar-refractivity contribution in [2.45, 2.75) is 0 Å². The number of methoxy groups -OCH3 is 2. The number of benzene rings is 3. The lowest BCUT2D eigenvalue weighted by molar-refractivity contribution is -0.136. The first-order valence-electron chi connectivity index (χ1n) is 10.5. The van der Waals surface area contributed by atoms with Gasteiger partial charge in [-0.25, -0.2) is 5.43 Å². The number of ether oxygens (including phenoxy) is 3. The molecule has 3 N–H and O–H groups in total. The summed E-state index contributed by atoms with van der Waals surface area (Å²) in [5.74, 6) is -0.901. The lowest BCUT2D eigenvalue weighted by Crippen LogP contribution is -2.32. The molecule has 0 aliphatic carbocycles. The Kier molecular flexibility index (Phi) is 9.24. The van der Waals surface area contributed by atoms with E-state index in [0.29, 0.717) is 39.2 Å². The predicted molar refractivity (Wildman–Crippen MR) is 136 cm³/mol. The molecule has 0 heterocycles. The lowest BCUT2D eigenvalue weighted by Gasteiger charge is -2.11. The second kappa shape index (κ2) is 12.8. The van der Waals surface area contributed by atoms with Gasteiger partial charge in [-0.05, 0) is 66.2 Å². The van der Waals surface area contributed by atoms with E-state index in [-0.39, 0.29) is 12.5 Å². The van der Waals surface area contributed by atoms with Crippen LogP contribution in [-0.4, -0.2) is 44.8 Å². The molecule has 3 aromatic rings. The number of amides is 3. The van der Waals surface area contributed by atoms with Crippen LogP contribution >= 0.6 is 11.6 Å². The minimum Gasteiger partial charge on any atom is -0.497 e. The summed E-state index contributed by atoms with van der Waals surface area (Å²) >= 11 is 5.91. The van der Waals surface area contributed by atoms with Crippen molar-refractivity contribution < 1.29 is 28.6 Å². The van der Waals surface area contributed by atoms with Gasteiger partial charge in [0.15, 0.2) is 18.1 Å². The maximum absolute atomic E-state index is 12.1. The van der Waals surface area contributed by atoms with Gasteiger partial charge in [0.2, 0.25) is 0 Å². The molecule has 0 fully saturated rings. The van der Waals surface area contributed by atoms with Gasteiger partial charge in [-0.3, -0.25) is 14.4 Å². The van der Waals surface area contributed by atoms with E-state index >= 15 is 0 Å². The maximum Gasteiger partial charge on any atom is 0.329 e. The molecular formula is C25H23ClN4O6. The van der Waals surface area contributed by atoms with E-state index in [4.69, 9.17) is 25.8 Å². The van der Waals surface area contributed by atoms with Crippen LogP contribution in [0.15, 0.2) is 71.8 Å². The number of hydrazone groups is 1. The molecule has 0 atom stereocenters. The van der Waals surface area contributed by atoms with Crippen LogP contribution in [0.25, 0.3) is 0 Å². The Bertz CT molecular complexity index is 1260. The normalized spacial score (nSPS) is 10.4. The highest BCUT2D eigenvalue weighted by atomic mass is 35.5. The fraction of sp³-hybridized carbons (Fsp3) is 0.120. The Hall–Kier alpha value is -4.57. The molecule has 36 heavy (non-hydrogen) atoms. The summed E-state index contributed by atoms with van der Waals surface area (Å²) in [5, 5.41) is 9.42. The largest absolute Gasteiger partial charge is 0.497 e. The summed E-state index contributed by atoms with van der Waals surface area (Å²) < 4.78 is 15.9. The van der Waals surface area contributed by atoms with Gasteiger partial charge in [0.1, 0.15) is 5.75 Å². The Morgan fingerprint density at radius 1 is 0.861 bits per heavy atom. The van der Waals surface area contributed by atoms with Crippen LogP contribution < -0.4 is 30.3 Å². The van der Waals surface area contributed by atoms with Gasteiger partial charge in [-0.15, -0.1) is 0 Å². The van der Waals surface area contributed by atoms with Gasteiger partial charge in [-0.1, -0.05) is 17.7 Å². The van der Waals surface area contributed by atoms with Crippen LogP contribution in [0.4, 0.5) is 11.4 Å². The van der Waals surface area contributed by atoms with Crippen molar-refractivity contribution in [1.82, 2.24) is 5.43 Å². The SMILES string of the molecule is COc1ccc(NC(=O)C(=O)N/N=C\c2ccc(OCC(=O)Nc3cccc(Cl)c3)c(OC)c2)cc1. The first-order chi connectivity index (χ1) is 17.4. The highest BCUT2D eigenvalue weighted by Crippen LogP contribution is 2.27. The van der Waals surface area contributed by atoms with Gasteiger partial charge >= 0.3 is 11.8 Å². The van der Waals surface area contributed by atoms with Crippen molar-refractivity contribution in [3.63, 3.8) is 0 Å². The standard InChI is InChI=1S/C25H23ClN4O6/c1-34-20-9-7-18(8-10-20)29-24(32)25(33)30-27-14-16-6-11-21(22(12-16)35-2)36-15-23(31)28-19-5-3-4-17(26)13-19/h3-14H,15H2,1-2H3,(H,28,31)(H,29,32)(H,30,33)/b27-14-. The molecule has 0 radical (unpaired) electrons. The molecule has 3 aromatic carbocycles. The minimum absolute atomic E-state index is 0.254. The van der Waals surface area contributed by atoms with Crippen LogP contribution in [0.1, 0.15) is 5.56 Å². The molecule has 0 aliphatic rings. The fourth-order valence-electron chi connectivity index (χ4n) is 2.87. The predicted octanol–water partition coefficient (Wildman–Crippen LogP) is 3.46. The molecule has 186 valence electrons. The van der Waals surface area contributed by atoms with Crippen LogP contribution in [-0.2, 0) is 14.4 Å². The Labute approximate surface area is 212 Å². The number of halogens is 1. The summed E-state index contributed by atoms with van der Waals surface area (Å²) in [5.41, 5.74) is 3.69. The van der Waals surface area contributed by atoms with E-state index in [0.717, 1.165) is 0 Å². The molecule has 3 rings (SSSR count). The van der Waals surface area contributed by atoms with Gasteiger partial charge in [0, 0.05) is 16.4 Å². The van der Waals surface area contributed by atoms with E-state index in [2.05, 4.69) is 21.2 Å². The van der Waals surface area contributed by atoms with E-state index in [1.165, 1.54) is 20.4 Å². The molecule has 0 saturated heterocycles. The molecule has 3 amide bonds. The molecule has 0 bridgehead atoms. The molecule has 10 nitrogen and oxygen atoms in total. The van der Waals surface area contributed by atoms with Crippen LogP contribution in [0.2, 0.25) is 5.02 Å². The molecule has 0 saturated carbocycles. The number of nitrogens with zero attached hydrogens (tertiary/aromatic N) is 1. The molecule has 0 aromatic heterocycles. The summed E-state index contributed by atoms with van der Waals surface area (Å²) in [6, 6.07) is 18.1. The lowest BCUT2D eigenvalue weighted by atomic mass is 10.2. The third-order valence-corrected chi connectivity index (χ3v) is 4.82. The second-order valence-corrected chi connectivity index (χ2v) is 7.58. The van der Waals surface area contributed by atoms with E-state index in [9.17, 15) is 14.4 Å². The highest BCUT2D eigenvalue weighted by molar-refractivity contribution is 6.39. The maximum atomic E-state index is 12.1. The molecule has 0 unspecified atom stereocenters. The number of hydrogen-bond donors (Lipinski definition) is 3. The van der Waals surface area contributed by atoms with Crippen molar-refractivity contribution in [3.8, 4) is 17.2 Å². The van der Waals surface area contributed by atoms with Crippen molar-refractivity contribution in [2.75, 3.05) is 31.5 Å². The quantitative estimate of drug-likeness (QED) is 0.230. The van der Waals surface area contributed by atoms with Gasteiger partial charge in [0.05, 0.1) is 20.4 Å². The summed E-state index contributed by atoms with van der Waals surface area (Å²) in [6.45, 7) is -0.254. The number of anilines is 2. The summed E-state index contributed by atoms with van der Waals surface area (Å²) in [7, 11) is 2.97. The average molecular weight is 511 g/mol. The van der Waals surface area contributed by atoms with Crippen molar-refractivity contribution >= 4 is 46.9 Å². The number of rotatable bonds is 9. The zero-order valence-corrected chi connectivity index (χ0v) is 20.2. The Morgan fingerprint density at radius 2 is 1.64 bits per heavy atom. The second-order valence-electron chi connectivity index (χ2n) is 7.14. The van der Waals surface area contributed by atoms with Crippen molar-refractivity contribution in [3.05, 3.63) is 77.3 Å². The zero-order valence-electron chi connectivity index (χ0n) is 19.4. The van der Waals surface area contributed by atoms with E-state index in [1.54, 1.807) is 66.7 Å². The monoisotopic (exact) mass is 510 g/mol. The zero-order chi connectivity index (χ0) is 25.9. The Morgan fingerprint density at radius 3 is 2.33 bits per heavy atom. The van der Waals surface area contributed by atoms with Gasteiger partial charge < -0.3 is 24.8 Å². The highest BCUT2D eigenvalue weighted by Gasteiger charge is 2.13. The number of carbonyl (C=O) groups excluding carboxylic acids is 3. The summed E-state index contributed by atoms with van der Waals surface area (Å²) in [4.78, 5) is 36.1. The molecule has 11 heteroatoms. The van der Waals surface area contributed by atoms with Gasteiger partial charge in [0.25, 0.3) is 5.91 Å².